The van der Waals surface area contributed by atoms with E-state index in [1.165, 1.54) is 0 Å². The molecule has 1 heterocycles. The SMILES string of the molecule is CCOC(=O)C1CCN(C(=O)CNc2cccc(Cl)c2OCC)CC1. The molecule has 1 fully saturated rings. The van der Waals surface area contributed by atoms with E-state index in [1.807, 2.05) is 19.1 Å². The van der Waals surface area contributed by atoms with Gasteiger partial charge >= 0.3 is 5.97 Å². The molecule has 0 aliphatic carbocycles. The van der Waals surface area contributed by atoms with Gasteiger partial charge in [0.1, 0.15) is 0 Å². The molecule has 1 N–H and O–H groups in total. The summed E-state index contributed by atoms with van der Waals surface area (Å²) in [5, 5.41) is 3.61. The zero-order valence-electron chi connectivity index (χ0n) is 14.7. The van der Waals surface area contributed by atoms with Crippen molar-refractivity contribution in [3.05, 3.63) is 23.2 Å². The predicted molar refractivity (Wildman–Crippen MR) is 97.0 cm³/mol. The van der Waals surface area contributed by atoms with Gasteiger partial charge in [-0.2, -0.15) is 0 Å². The molecule has 138 valence electrons. The van der Waals surface area contributed by atoms with Crippen molar-refractivity contribution in [3.63, 3.8) is 0 Å². The molecule has 0 unspecified atom stereocenters. The fourth-order valence-corrected chi connectivity index (χ4v) is 3.08. The van der Waals surface area contributed by atoms with Crippen molar-refractivity contribution >= 4 is 29.2 Å². The van der Waals surface area contributed by atoms with Crippen LogP contribution in [0.2, 0.25) is 5.02 Å². The quantitative estimate of drug-likeness (QED) is 0.749. The van der Waals surface area contributed by atoms with Crippen LogP contribution >= 0.6 is 11.6 Å². The smallest absolute Gasteiger partial charge is 0.309 e. The number of ether oxygens (including phenoxy) is 2. The highest BCUT2D eigenvalue weighted by Crippen LogP contribution is 2.32. The first kappa shape index (κ1) is 19.4. The van der Waals surface area contributed by atoms with E-state index in [0.29, 0.717) is 55.6 Å². The van der Waals surface area contributed by atoms with Crippen LogP contribution in [0, 0.1) is 5.92 Å². The Kier molecular flexibility index (Phi) is 7.37. The lowest BCUT2D eigenvalue weighted by atomic mass is 9.97. The van der Waals surface area contributed by atoms with E-state index in [2.05, 4.69) is 5.32 Å². The lowest BCUT2D eigenvalue weighted by Crippen LogP contribution is -2.43. The van der Waals surface area contributed by atoms with Gasteiger partial charge < -0.3 is 19.7 Å². The van der Waals surface area contributed by atoms with Crippen LogP contribution in [0.3, 0.4) is 0 Å². The molecule has 0 atom stereocenters. The van der Waals surface area contributed by atoms with Gasteiger partial charge in [0.25, 0.3) is 0 Å². The highest BCUT2D eigenvalue weighted by molar-refractivity contribution is 6.32. The molecule has 1 saturated heterocycles. The maximum absolute atomic E-state index is 12.4. The van der Waals surface area contributed by atoms with E-state index in [-0.39, 0.29) is 24.3 Å². The van der Waals surface area contributed by atoms with E-state index in [4.69, 9.17) is 21.1 Å². The van der Waals surface area contributed by atoms with Gasteiger partial charge in [0, 0.05) is 13.1 Å². The summed E-state index contributed by atoms with van der Waals surface area (Å²) in [5.74, 6) is 0.285. The van der Waals surface area contributed by atoms with Gasteiger partial charge in [0.05, 0.1) is 36.4 Å². The Morgan fingerprint density at radius 3 is 2.60 bits per heavy atom. The summed E-state index contributed by atoms with van der Waals surface area (Å²) in [6.45, 7) is 5.86. The van der Waals surface area contributed by atoms with Gasteiger partial charge in [-0.05, 0) is 38.8 Å². The highest BCUT2D eigenvalue weighted by atomic mass is 35.5. The summed E-state index contributed by atoms with van der Waals surface area (Å²) in [5.41, 5.74) is 0.698. The number of halogens is 1. The molecule has 1 aliphatic rings. The minimum absolute atomic E-state index is 0.00951. The van der Waals surface area contributed by atoms with Gasteiger partial charge in [-0.1, -0.05) is 17.7 Å². The van der Waals surface area contributed by atoms with E-state index in [9.17, 15) is 9.59 Å². The molecule has 1 amide bonds. The second-order valence-electron chi connectivity index (χ2n) is 5.81. The number of rotatable bonds is 7. The third-order valence-corrected chi connectivity index (χ3v) is 4.45. The minimum Gasteiger partial charge on any atom is -0.490 e. The van der Waals surface area contributed by atoms with E-state index < -0.39 is 0 Å². The summed E-state index contributed by atoms with van der Waals surface area (Å²) in [7, 11) is 0. The van der Waals surface area contributed by atoms with Crippen LogP contribution in [0.4, 0.5) is 5.69 Å². The molecular formula is C18H25ClN2O4. The Hall–Kier alpha value is -1.95. The second-order valence-corrected chi connectivity index (χ2v) is 6.22. The van der Waals surface area contributed by atoms with Crippen LogP contribution in [0.25, 0.3) is 0 Å². The number of hydrogen-bond donors (Lipinski definition) is 1. The third-order valence-electron chi connectivity index (χ3n) is 4.15. The number of hydrogen-bond acceptors (Lipinski definition) is 5. The number of nitrogens with one attached hydrogen (secondary N) is 1. The van der Waals surface area contributed by atoms with Crippen molar-refractivity contribution in [2.45, 2.75) is 26.7 Å². The topological polar surface area (TPSA) is 67.9 Å². The molecule has 2 rings (SSSR count). The first-order valence-electron chi connectivity index (χ1n) is 8.66. The number of benzene rings is 1. The number of carbonyl (C=O) groups is 2. The van der Waals surface area contributed by atoms with Crippen LogP contribution in [0.1, 0.15) is 26.7 Å². The van der Waals surface area contributed by atoms with Crippen molar-refractivity contribution < 1.29 is 19.1 Å². The molecule has 1 aromatic rings. The van der Waals surface area contributed by atoms with Crippen LogP contribution in [-0.2, 0) is 14.3 Å². The van der Waals surface area contributed by atoms with Crippen LogP contribution in [0.5, 0.6) is 5.75 Å². The summed E-state index contributed by atoms with van der Waals surface area (Å²) in [4.78, 5) is 25.9. The number of likely N-dealkylation sites (tertiary alicyclic amines) is 1. The number of esters is 1. The van der Waals surface area contributed by atoms with Gasteiger partial charge in [-0.25, -0.2) is 0 Å². The summed E-state index contributed by atoms with van der Waals surface area (Å²) >= 11 is 6.14. The molecule has 1 aliphatic heterocycles. The Labute approximate surface area is 153 Å². The Morgan fingerprint density at radius 1 is 1.24 bits per heavy atom. The van der Waals surface area contributed by atoms with Gasteiger partial charge in [-0.3, -0.25) is 9.59 Å². The zero-order chi connectivity index (χ0) is 18.2. The molecule has 0 spiro atoms. The molecule has 0 radical (unpaired) electrons. The molecular weight excluding hydrogens is 344 g/mol. The van der Waals surface area contributed by atoms with Crippen LogP contribution in [-0.4, -0.2) is 49.6 Å². The molecule has 0 aromatic heterocycles. The predicted octanol–water partition coefficient (Wildman–Crippen LogP) is 2.95. The number of amides is 1. The molecule has 7 heteroatoms. The average Bonchev–Trinajstić information content (AvgIpc) is 2.62. The molecule has 0 bridgehead atoms. The zero-order valence-corrected chi connectivity index (χ0v) is 15.5. The summed E-state index contributed by atoms with van der Waals surface area (Å²) in [6, 6.07) is 5.39. The number of carbonyl (C=O) groups excluding carboxylic acids is 2. The van der Waals surface area contributed by atoms with Gasteiger partial charge in [0.15, 0.2) is 5.75 Å². The lowest BCUT2D eigenvalue weighted by molar-refractivity contribution is -0.151. The first-order valence-corrected chi connectivity index (χ1v) is 9.04. The monoisotopic (exact) mass is 368 g/mol. The van der Waals surface area contributed by atoms with Crippen molar-refractivity contribution in [1.29, 1.82) is 0 Å². The normalized spacial score (nSPS) is 14.9. The first-order chi connectivity index (χ1) is 12.1. The Morgan fingerprint density at radius 2 is 1.96 bits per heavy atom. The fourth-order valence-electron chi connectivity index (χ4n) is 2.85. The van der Waals surface area contributed by atoms with Crippen LogP contribution < -0.4 is 10.1 Å². The summed E-state index contributed by atoms with van der Waals surface area (Å²) < 4.78 is 10.6. The Bertz CT molecular complexity index is 601. The maximum atomic E-state index is 12.4. The minimum atomic E-state index is -0.159. The molecule has 0 saturated carbocycles. The van der Waals surface area contributed by atoms with E-state index in [1.54, 1.807) is 17.9 Å². The largest absolute Gasteiger partial charge is 0.490 e. The number of piperidine rings is 1. The third kappa shape index (κ3) is 5.26. The van der Waals surface area contributed by atoms with Crippen molar-refractivity contribution in [1.82, 2.24) is 4.90 Å². The second kappa shape index (κ2) is 9.51. The van der Waals surface area contributed by atoms with E-state index >= 15 is 0 Å². The molecule has 25 heavy (non-hydrogen) atoms. The van der Waals surface area contributed by atoms with Gasteiger partial charge in [0.2, 0.25) is 5.91 Å². The molecule has 6 nitrogen and oxygen atoms in total. The summed E-state index contributed by atoms with van der Waals surface area (Å²) in [6.07, 6.45) is 1.29. The maximum Gasteiger partial charge on any atom is 0.309 e. The standard InChI is InChI=1S/C18H25ClN2O4/c1-3-24-17-14(19)6-5-7-15(17)20-12-16(22)21-10-8-13(9-11-21)18(23)25-4-2/h5-7,13,20H,3-4,8-12H2,1-2H3. The van der Waals surface area contributed by atoms with Gasteiger partial charge in [-0.15, -0.1) is 0 Å². The number of anilines is 1. The fraction of sp³-hybridized carbons (Fsp3) is 0.556. The number of para-hydroxylation sites is 1. The highest BCUT2D eigenvalue weighted by Gasteiger charge is 2.28. The number of nitrogens with zero attached hydrogens (tertiary/aromatic N) is 1. The van der Waals surface area contributed by atoms with Crippen molar-refractivity contribution in [2.24, 2.45) is 5.92 Å². The van der Waals surface area contributed by atoms with Crippen molar-refractivity contribution in [2.75, 3.05) is 38.2 Å². The average molecular weight is 369 g/mol. The lowest BCUT2D eigenvalue weighted by Gasteiger charge is -2.31. The van der Waals surface area contributed by atoms with Crippen LogP contribution in [0.15, 0.2) is 18.2 Å². The van der Waals surface area contributed by atoms with E-state index in [0.717, 1.165) is 0 Å². The Balaban J connectivity index is 1.86. The molecule has 1 aromatic carbocycles. The van der Waals surface area contributed by atoms with Crippen molar-refractivity contribution in [3.8, 4) is 5.75 Å².